The van der Waals surface area contributed by atoms with Gasteiger partial charge in [-0.1, -0.05) is 20.8 Å². The fourth-order valence-corrected chi connectivity index (χ4v) is 2.46. The molecule has 2 atom stereocenters. The fraction of sp³-hybridized carbons (Fsp3) is 0.714. The molecule has 1 N–H and O–H groups in total. The lowest BCUT2D eigenvalue weighted by molar-refractivity contribution is 0.565. The van der Waals surface area contributed by atoms with Gasteiger partial charge >= 0.3 is 0 Å². The number of nitrogens with one attached hydrogen (secondary N) is 1. The molecule has 0 aromatic carbocycles. The van der Waals surface area contributed by atoms with Crippen LogP contribution in [0.2, 0.25) is 0 Å². The zero-order valence-corrected chi connectivity index (χ0v) is 11.1. The first-order valence-electron chi connectivity index (χ1n) is 6.70. The summed E-state index contributed by atoms with van der Waals surface area (Å²) in [5.74, 6) is 2.47. The summed E-state index contributed by atoms with van der Waals surface area (Å²) in [6.07, 6.45) is 5.73. The van der Waals surface area contributed by atoms with Crippen LogP contribution in [-0.4, -0.2) is 16.0 Å². The van der Waals surface area contributed by atoms with Crippen LogP contribution in [0.15, 0.2) is 12.3 Å². The van der Waals surface area contributed by atoms with Crippen molar-refractivity contribution < 1.29 is 0 Å². The molecule has 1 aliphatic rings. The smallest absolute Gasteiger partial charge is 0.131 e. The van der Waals surface area contributed by atoms with Gasteiger partial charge < -0.3 is 5.32 Å². The van der Waals surface area contributed by atoms with Crippen molar-refractivity contribution >= 4 is 0 Å². The lowest BCUT2D eigenvalue weighted by Gasteiger charge is -2.11. The van der Waals surface area contributed by atoms with E-state index in [1.54, 1.807) is 0 Å². The van der Waals surface area contributed by atoms with Crippen LogP contribution in [0.1, 0.15) is 57.5 Å². The zero-order chi connectivity index (χ0) is 12.3. The number of nitrogens with zero attached hydrogens (tertiary/aromatic N) is 2. The largest absolute Gasteiger partial charge is 0.309 e. The van der Waals surface area contributed by atoms with Crippen LogP contribution < -0.4 is 5.32 Å². The molecule has 0 aliphatic heterocycles. The Morgan fingerprint density at radius 3 is 2.88 bits per heavy atom. The minimum absolute atomic E-state index is 0.500. The maximum atomic E-state index is 4.69. The number of aromatic nitrogens is 2. The molecule has 0 saturated heterocycles. The van der Waals surface area contributed by atoms with E-state index in [-0.39, 0.29) is 0 Å². The van der Waals surface area contributed by atoms with Crippen molar-refractivity contribution in [2.45, 2.75) is 58.5 Å². The Morgan fingerprint density at radius 1 is 1.41 bits per heavy atom. The molecule has 94 valence electrons. The lowest BCUT2D eigenvalue weighted by atomic mass is 10.1. The molecule has 1 heterocycles. The van der Waals surface area contributed by atoms with Crippen molar-refractivity contribution in [2.75, 3.05) is 0 Å². The van der Waals surface area contributed by atoms with Gasteiger partial charge in [-0.15, -0.1) is 0 Å². The van der Waals surface area contributed by atoms with Crippen molar-refractivity contribution in [1.29, 1.82) is 0 Å². The quantitative estimate of drug-likeness (QED) is 0.869. The van der Waals surface area contributed by atoms with Gasteiger partial charge in [-0.3, -0.25) is 0 Å². The molecule has 3 nitrogen and oxygen atoms in total. The SMILES string of the molecule is CC1CCC(c2nccc(CNC(C)C)n2)C1. The van der Waals surface area contributed by atoms with Crippen LogP contribution in [0.25, 0.3) is 0 Å². The molecule has 1 aromatic rings. The molecule has 2 unspecified atom stereocenters. The Kier molecular flexibility index (Phi) is 4.11. The van der Waals surface area contributed by atoms with Crippen LogP contribution in [0.5, 0.6) is 0 Å². The van der Waals surface area contributed by atoms with Crippen LogP contribution in [0.3, 0.4) is 0 Å². The summed E-state index contributed by atoms with van der Waals surface area (Å²) in [6, 6.07) is 2.51. The molecule has 1 aliphatic carbocycles. The molecule has 0 spiro atoms. The molecule has 3 heteroatoms. The standard InChI is InChI=1S/C14H23N3/c1-10(2)16-9-13-6-7-15-14(17-13)12-5-4-11(3)8-12/h6-7,10-12,16H,4-5,8-9H2,1-3H3. The summed E-state index contributed by atoms with van der Waals surface area (Å²) in [7, 11) is 0. The van der Waals surface area contributed by atoms with E-state index in [9.17, 15) is 0 Å². The summed E-state index contributed by atoms with van der Waals surface area (Å²) < 4.78 is 0. The molecule has 0 radical (unpaired) electrons. The Bertz CT molecular complexity index is 362. The summed E-state index contributed by atoms with van der Waals surface area (Å²) in [4.78, 5) is 9.13. The number of hydrogen-bond donors (Lipinski definition) is 1. The first-order valence-corrected chi connectivity index (χ1v) is 6.70. The van der Waals surface area contributed by atoms with E-state index in [0.29, 0.717) is 12.0 Å². The van der Waals surface area contributed by atoms with E-state index < -0.39 is 0 Å². The van der Waals surface area contributed by atoms with Gasteiger partial charge in [0.15, 0.2) is 0 Å². The number of hydrogen-bond acceptors (Lipinski definition) is 3. The fourth-order valence-electron chi connectivity index (χ4n) is 2.46. The third kappa shape index (κ3) is 3.50. The maximum absolute atomic E-state index is 4.69. The van der Waals surface area contributed by atoms with E-state index in [1.165, 1.54) is 19.3 Å². The second-order valence-corrected chi connectivity index (χ2v) is 5.56. The number of rotatable bonds is 4. The van der Waals surface area contributed by atoms with Crippen molar-refractivity contribution in [1.82, 2.24) is 15.3 Å². The first-order chi connectivity index (χ1) is 8.15. The zero-order valence-electron chi connectivity index (χ0n) is 11.1. The highest BCUT2D eigenvalue weighted by atomic mass is 14.9. The van der Waals surface area contributed by atoms with E-state index in [4.69, 9.17) is 0 Å². The third-order valence-electron chi connectivity index (χ3n) is 3.48. The van der Waals surface area contributed by atoms with E-state index >= 15 is 0 Å². The van der Waals surface area contributed by atoms with Gasteiger partial charge in [-0.25, -0.2) is 9.97 Å². The minimum Gasteiger partial charge on any atom is -0.309 e. The predicted octanol–water partition coefficient (Wildman–Crippen LogP) is 2.88. The van der Waals surface area contributed by atoms with E-state index in [1.807, 2.05) is 12.3 Å². The lowest BCUT2D eigenvalue weighted by Crippen LogP contribution is -2.22. The summed E-state index contributed by atoms with van der Waals surface area (Å²) in [5.41, 5.74) is 1.11. The molecule has 1 saturated carbocycles. The normalized spacial score (nSPS) is 24.5. The van der Waals surface area contributed by atoms with Crippen LogP contribution in [-0.2, 0) is 6.54 Å². The van der Waals surface area contributed by atoms with Gasteiger partial charge in [0.05, 0.1) is 5.69 Å². The second-order valence-electron chi connectivity index (χ2n) is 5.56. The van der Waals surface area contributed by atoms with Gasteiger partial charge in [-0.05, 0) is 31.2 Å². The van der Waals surface area contributed by atoms with Crippen molar-refractivity contribution in [2.24, 2.45) is 5.92 Å². The van der Waals surface area contributed by atoms with E-state index in [2.05, 4.69) is 36.1 Å². The van der Waals surface area contributed by atoms with Gasteiger partial charge in [0.2, 0.25) is 0 Å². The average molecular weight is 233 g/mol. The summed E-state index contributed by atoms with van der Waals surface area (Å²) >= 11 is 0. The molecule has 1 aromatic heterocycles. The Labute approximate surface area is 104 Å². The topological polar surface area (TPSA) is 37.8 Å². The van der Waals surface area contributed by atoms with Gasteiger partial charge in [0.1, 0.15) is 5.82 Å². The molecule has 0 amide bonds. The van der Waals surface area contributed by atoms with Gasteiger partial charge in [0.25, 0.3) is 0 Å². The van der Waals surface area contributed by atoms with Crippen molar-refractivity contribution in [3.63, 3.8) is 0 Å². The van der Waals surface area contributed by atoms with Crippen molar-refractivity contribution in [3.8, 4) is 0 Å². The highest BCUT2D eigenvalue weighted by Gasteiger charge is 2.24. The third-order valence-corrected chi connectivity index (χ3v) is 3.48. The highest BCUT2D eigenvalue weighted by molar-refractivity contribution is 5.07. The minimum atomic E-state index is 0.500. The maximum Gasteiger partial charge on any atom is 0.131 e. The first kappa shape index (κ1) is 12.5. The Morgan fingerprint density at radius 2 is 2.24 bits per heavy atom. The Hall–Kier alpha value is -0.960. The summed E-state index contributed by atoms with van der Waals surface area (Å²) in [5, 5.41) is 3.40. The monoisotopic (exact) mass is 233 g/mol. The molecule has 0 bridgehead atoms. The van der Waals surface area contributed by atoms with Crippen LogP contribution in [0.4, 0.5) is 0 Å². The molecular formula is C14H23N3. The molecular weight excluding hydrogens is 210 g/mol. The summed E-state index contributed by atoms with van der Waals surface area (Å²) in [6.45, 7) is 7.47. The molecule has 1 fully saturated rings. The highest BCUT2D eigenvalue weighted by Crippen LogP contribution is 2.36. The van der Waals surface area contributed by atoms with Gasteiger partial charge in [-0.2, -0.15) is 0 Å². The van der Waals surface area contributed by atoms with E-state index in [0.717, 1.165) is 24.0 Å². The van der Waals surface area contributed by atoms with Gasteiger partial charge in [0, 0.05) is 24.7 Å². The second kappa shape index (κ2) is 5.58. The predicted molar refractivity (Wildman–Crippen MR) is 69.8 cm³/mol. The molecule has 2 rings (SSSR count). The molecule has 17 heavy (non-hydrogen) atoms. The Balaban J connectivity index is 2.01. The van der Waals surface area contributed by atoms with Crippen molar-refractivity contribution in [3.05, 3.63) is 23.8 Å². The van der Waals surface area contributed by atoms with Crippen LogP contribution in [0, 0.1) is 5.92 Å². The average Bonchev–Trinajstić information content (AvgIpc) is 2.74. The van der Waals surface area contributed by atoms with Crippen LogP contribution >= 0.6 is 0 Å².